The normalized spacial score (nSPS) is 14.2. The molecule has 0 aliphatic carbocycles. The first-order chi connectivity index (χ1) is 4.99. The van der Waals surface area contributed by atoms with Crippen molar-refractivity contribution in [1.82, 2.24) is 0 Å². The number of rotatable bonds is 5. The summed E-state index contributed by atoms with van der Waals surface area (Å²) in [7, 11) is -1.06. The molecule has 0 aromatic heterocycles. The van der Waals surface area contributed by atoms with E-state index in [1.165, 1.54) is 0 Å². The average molecular weight is 174 g/mol. The molecule has 0 spiro atoms. The molecule has 0 aliphatic heterocycles. The fourth-order valence-corrected chi connectivity index (χ4v) is 2.80. The molecule has 3 heteroatoms. The van der Waals surface area contributed by atoms with Gasteiger partial charge in [0.15, 0.2) is 0 Å². The maximum absolute atomic E-state index is 10.1. The molecule has 0 aliphatic rings. The Morgan fingerprint density at radius 2 is 2.00 bits per heavy atom. The number of hydrogen-bond donors (Lipinski definition) is 0. The molecule has 1 atom stereocenters. The summed E-state index contributed by atoms with van der Waals surface area (Å²) in [6, 6.07) is 1.07. The van der Waals surface area contributed by atoms with Crippen molar-refractivity contribution in [2.45, 2.75) is 45.1 Å². The Kier molecular flexibility index (Phi) is 4.41. The van der Waals surface area contributed by atoms with Gasteiger partial charge in [-0.3, -0.25) is 4.79 Å². The molecular formula is C8H18O2Si. The molecule has 11 heavy (non-hydrogen) atoms. The standard InChI is InChI=1S/C8H18O2Si/c1-5-8(10-7-9)6-11(2,3)4/h7-8H,5-6H2,1-4H3. The first-order valence-electron chi connectivity index (χ1n) is 4.08. The van der Waals surface area contributed by atoms with Crippen LogP contribution in [0.5, 0.6) is 0 Å². The summed E-state index contributed by atoms with van der Waals surface area (Å²) in [6.45, 7) is 9.46. The van der Waals surface area contributed by atoms with Gasteiger partial charge >= 0.3 is 0 Å². The fourth-order valence-electron chi connectivity index (χ4n) is 1.05. The molecule has 0 fully saturated rings. The van der Waals surface area contributed by atoms with Crippen molar-refractivity contribution >= 4 is 14.5 Å². The Balaban J connectivity index is 3.77. The van der Waals surface area contributed by atoms with Crippen LogP contribution in [0.4, 0.5) is 0 Å². The Bertz CT molecular complexity index is 118. The van der Waals surface area contributed by atoms with E-state index in [9.17, 15) is 4.79 Å². The van der Waals surface area contributed by atoms with E-state index in [0.717, 1.165) is 12.5 Å². The summed E-state index contributed by atoms with van der Waals surface area (Å²) in [4.78, 5) is 10.1. The summed E-state index contributed by atoms with van der Waals surface area (Å²) < 4.78 is 4.92. The molecule has 0 saturated carbocycles. The third-order valence-corrected chi connectivity index (χ3v) is 3.22. The van der Waals surface area contributed by atoms with Crippen LogP contribution in [0.25, 0.3) is 0 Å². The van der Waals surface area contributed by atoms with Gasteiger partial charge < -0.3 is 4.74 Å². The molecule has 66 valence electrons. The van der Waals surface area contributed by atoms with Crippen molar-refractivity contribution < 1.29 is 9.53 Å². The van der Waals surface area contributed by atoms with E-state index in [0.29, 0.717) is 6.47 Å². The first-order valence-corrected chi connectivity index (χ1v) is 7.79. The van der Waals surface area contributed by atoms with E-state index in [-0.39, 0.29) is 6.10 Å². The highest BCUT2D eigenvalue weighted by molar-refractivity contribution is 6.76. The summed E-state index contributed by atoms with van der Waals surface area (Å²) in [5.74, 6) is 0. The van der Waals surface area contributed by atoms with Gasteiger partial charge in [0.05, 0.1) is 6.10 Å². The molecule has 0 radical (unpaired) electrons. The lowest BCUT2D eigenvalue weighted by molar-refractivity contribution is -0.132. The van der Waals surface area contributed by atoms with Gasteiger partial charge in [-0.1, -0.05) is 26.6 Å². The van der Waals surface area contributed by atoms with Crippen molar-refractivity contribution in [3.05, 3.63) is 0 Å². The molecule has 0 bridgehead atoms. The van der Waals surface area contributed by atoms with Crippen LogP contribution in [0.15, 0.2) is 0 Å². The average Bonchev–Trinajstić information content (AvgIpc) is 1.84. The molecule has 0 rings (SSSR count). The van der Waals surface area contributed by atoms with Crippen molar-refractivity contribution in [3.8, 4) is 0 Å². The van der Waals surface area contributed by atoms with E-state index in [1.807, 2.05) is 6.92 Å². The van der Waals surface area contributed by atoms with Gasteiger partial charge in [0.1, 0.15) is 0 Å². The van der Waals surface area contributed by atoms with E-state index in [4.69, 9.17) is 4.74 Å². The summed E-state index contributed by atoms with van der Waals surface area (Å²) >= 11 is 0. The minimum atomic E-state index is -1.06. The van der Waals surface area contributed by atoms with Crippen molar-refractivity contribution in [2.75, 3.05) is 0 Å². The van der Waals surface area contributed by atoms with Crippen LogP contribution in [0.3, 0.4) is 0 Å². The first kappa shape index (κ1) is 10.7. The highest BCUT2D eigenvalue weighted by Gasteiger charge is 2.19. The predicted molar refractivity (Wildman–Crippen MR) is 49.4 cm³/mol. The van der Waals surface area contributed by atoms with E-state index >= 15 is 0 Å². The van der Waals surface area contributed by atoms with Crippen molar-refractivity contribution in [3.63, 3.8) is 0 Å². The lowest BCUT2D eigenvalue weighted by Crippen LogP contribution is -2.27. The largest absolute Gasteiger partial charge is 0.465 e. The Labute approximate surface area is 69.9 Å². The predicted octanol–water partition coefficient (Wildman–Crippen LogP) is 2.28. The Morgan fingerprint density at radius 3 is 2.27 bits per heavy atom. The zero-order valence-electron chi connectivity index (χ0n) is 7.89. The second kappa shape index (κ2) is 4.54. The Morgan fingerprint density at radius 1 is 1.45 bits per heavy atom. The highest BCUT2D eigenvalue weighted by atomic mass is 28.3. The van der Waals surface area contributed by atoms with Crippen LogP contribution < -0.4 is 0 Å². The molecule has 0 aromatic rings. The van der Waals surface area contributed by atoms with E-state index in [2.05, 4.69) is 19.6 Å². The van der Waals surface area contributed by atoms with Crippen LogP contribution in [0.1, 0.15) is 13.3 Å². The van der Waals surface area contributed by atoms with E-state index < -0.39 is 8.07 Å². The van der Waals surface area contributed by atoms with Crippen molar-refractivity contribution in [1.29, 1.82) is 0 Å². The zero-order chi connectivity index (χ0) is 8.91. The second-order valence-corrected chi connectivity index (χ2v) is 9.56. The molecule has 1 unspecified atom stereocenters. The third-order valence-electron chi connectivity index (χ3n) is 1.54. The SMILES string of the molecule is CCC(C[Si](C)(C)C)OC=O. The minimum Gasteiger partial charge on any atom is -0.465 e. The van der Waals surface area contributed by atoms with Gasteiger partial charge in [-0.2, -0.15) is 0 Å². The third kappa shape index (κ3) is 6.10. The monoisotopic (exact) mass is 174 g/mol. The molecule has 0 N–H and O–H groups in total. The van der Waals surface area contributed by atoms with Crippen LogP contribution in [0, 0.1) is 0 Å². The number of hydrogen-bond acceptors (Lipinski definition) is 2. The molecular weight excluding hydrogens is 156 g/mol. The van der Waals surface area contributed by atoms with Gasteiger partial charge in [-0.05, 0) is 12.5 Å². The van der Waals surface area contributed by atoms with Gasteiger partial charge in [0, 0.05) is 8.07 Å². The topological polar surface area (TPSA) is 26.3 Å². The lowest BCUT2D eigenvalue weighted by atomic mass is 10.3. The van der Waals surface area contributed by atoms with Crippen LogP contribution in [-0.4, -0.2) is 20.7 Å². The zero-order valence-corrected chi connectivity index (χ0v) is 8.89. The van der Waals surface area contributed by atoms with Gasteiger partial charge in [0.25, 0.3) is 6.47 Å². The Hall–Kier alpha value is -0.313. The van der Waals surface area contributed by atoms with E-state index in [1.54, 1.807) is 0 Å². The fraction of sp³-hybridized carbons (Fsp3) is 0.875. The lowest BCUT2D eigenvalue weighted by Gasteiger charge is -2.21. The number of ether oxygens (including phenoxy) is 1. The van der Waals surface area contributed by atoms with Crippen molar-refractivity contribution in [2.24, 2.45) is 0 Å². The molecule has 0 aromatic carbocycles. The smallest absolute Gasteiger partial charge is 0.293 e. The quantitative estimate of drug-likeness (QED) is 0.472. The number of carbonyl (C=O) groups is 1. The van der Waals surface area contributed by atoms with Gasteiger partial charge in [-0.25, -0.2) is 0 Å². The van der Waals surface area contributed by atoms with Gasteiger partial charge in [0.2, 0.25) is 0 Å². The highest BCUT2D eigenvalue weighted by Crippen LogP contribution is 2.15. The molecule has 0 heterocycles. The summed E-state index contributed by atoms with van der Waals surface area (Å²) in [5.41, 5.74) is 0. The van der Waals surface area contributed by atoms with Crippen LogP contribution in [0.2, 0.25) is 25.7 Å². The summed E-state index contributed by atoms with van der Waals surface area (Å²) in [5, 5.41) is 0. The maximum Gasteiger partial charge on any atom is 0.293 e. The second-order valence-electron chi connectivity index (χ2n) is 4.03. The maximum atomic E-state index is 10.1. The van der Waals surface area contributed by atoms with Crippen LogP contribution in [-0.2, 0) is 9.53 Å². The number of carbonyl (C=O) groups excluding carboxylic acids is 1. The van der Waals surface area contributed by atoms with Crippen LogP contribution >= 0.6 is 0 Å². The molecule has 2 nitrogen and oxygen atoms in total. The summed E-state index contributed by atoms with van der Waals surface area (Å²) in [6.07, 6.45) is 1.09. The molecule has 0 amide bonds. The van der Waals surface area contributed by atoms with Gasteiger partial charge in [-0.15, -0.1) is 0 Å². The minimum absolute atomic E-state index is 0.152. The molecule has 0 saturated heterocycles.